The first-order valence-corrected chi connectivity index (χ1v) is 9.53. The van der Waals surface area contributed by atoms with Crippen LogP contribution in [0, 0.1) is 17.1 Å². The first kappa shape index (κ1) is 21.8. The summed E-state index contributed by atoms with van der Waals surface area (Å²) < 4.78 is 20.7. The number of nitrogen functional groups attached to an aromatic ring is 1. The quantitative estimate of drug-likeness (QED) is 0.572. The van der Waals surface area contributed by atoms with Crippen LogP contribution in [-0.2, 0) is 24.4 Å². The minimum absolute atomic E-state index is 0.0357. The maximum atomic E-state index is 14.5. The molecule has 3 aromatic rings. The molecule has 0 amide bonds. The second kappa shape index (κ2) is 9.73. The second-order valence-corrected chi connectivity index (χ2v) is 6.90. The van der Waals surface area contributed by atoms with E-state index < -0.39 is 17.1 Å². The predicted molar refractivity (Wildman–Crippen MR) is 115 cm³/mol. The van der Waals surface area contributed by atoms with E-state index >= 15 is 0 Å². The van der Waals surface area contributed by atoms with Crippen molar-refractivity contribution in [1.29, 1.82) is 5.26 Å². The highest BCUT2D eigenvalue weighted by Crippen LogP contribution is 2.23. The van der Waals surface area contributed by atoms with Crippen molar-refractivity contribution in [2.45, 2.75) is 19.6 Å². The number of ether oxygens (including phenoxy) is 1. The SMILES string of the molecule is COCCn1c(N)c(N(Cc2ccccc2)Cc2cc(C#N)ccc2F)c(=O)[nH]c1=O. The minimum Gasteiger partial charge on any atom is -0.383 e. The highest BCUT2D eigenvalue weighted by molar-refractivity contribution is 5.63. The second-order valence-electron chi connectivity index (χ2n) is 6.90. The Morgan fingerprint density at radius 2 is 1.94 bits per heavy atom. The van der Waals surface area contributed by atoms with Crippen molar-refractivity contribution in [3.05, 3.63) is 91.9 Å². The van der Waals surface area contributed by atoms with E-state index in [1.165, 1.54) is 29.9 Å². The lowest BCUT2D eigenvalue weighted by atomic mass is 10.1. The van der Waals surface area contributed by atoms with E-state index in [4.69, 9.17) is 15.7 Å². The van der Waals surface area contributed by atoms with E-state index in [1.54, 1.807) is 4.90 Å². The molecule has 0 aliphatic heterocycles. The van der Waals surface area contributed by atoms with Crippen molar-refractivity contribution in [3.63, 3.8) is 0 Å². The van der Waals surface area contributed by atoms with Crippen LogP contribution in [0.25, 0.3) is 0 Å². The zero-order valence-electron chi connectivity index (χ0n) is 17.0. The van der Waals surface area contributed by atoms with Crippen LogP contribution in [0.1, 0.15) is 16.7 Å². The van der Waals surface area contributed by atoms with E-state index in [-0.39, 0.29) is 43.3 Å². The first-order chi connectivity index (χ1) is 14.9. The van der Waals surface area contributed by atoms with Crippen LogP contribution in [0.4, 0.5) is 15.9 Å². The summed E-state index contributed by atoms with van der Waals surface area (Å²) >= 11 is 0. The Hall–Kier alpha value is -3.90. The molecule has 31 heavy (non-hydrogen) atoms. The van der Waals surface area contributed by atoms with Gasteiger partial charge in [-0.1, -0.05) is 30.3 Å². The summed E-state index contributed by atoms with van der Waals surface area (Å²) in [6, 6.07) is 15.3. The van der Waals surface area contributed by atoms with E-state index in [0.717, 1.165) is 5.56 Å². The molecule has 0 bridgehead atoms. The van der Waals surface area contributed by atoms with Gasteiger partial charge in [-0.2, -0.15) is 5.26 Å². The van der Waals surface area contributed by atoms with Gasteiger partial charge in [0.05, 0.1) is 24.8 Å². The van der Waals surface area contributed by atoms with E-state index in [1.807, 2.05) is 36.4 Å². The van der Waals surface area contributed by atoms with Crippen LogP contribution in [0.5, 0.6) is 0 Å². The monoisotopic (exact) mass is 423 g/mol. The molecular formula is C22H22FN5O3. The fraction of sp³-hybridized carbons (Fsp3) is 0.227. The number of methoxy groups -OCH3 is 1. The topological polar surface area (TPSA) is 117 Å². The lowest BCUT2D eigenvalue weighted by Gasteiger charge is -2.26. The number of anilines is 2. The average molecular weight is 423 g/mol. The highest BCUT2D eigenvalue weighted by atomic mass is 19.1. The number of nitriles is 1. The number of hydrogen-bond donors (Lipinski definition) is 2. The molecule has 0 saturated carbocycles. The van der Waals surface area contributed by atoms with Gasteiger partial charge in [0.25, 0.3) is 5.56 Å². The summed E-state index contributed by atoms with van der Waals surface area (Å²) in [5, 5.41) is 9.17. The number of nitrogens with zero attached hydrogens (tertiary/aromatic N) is 3. The van der Waals surface area contributed by atoms with Crippen LogP contribution in [0.15, 0.2) is 58.1 Å². The number of halogens is 1. The summed E-state index contributed by atoms with van der Waals surface area (Å²) in [4.78, 5) is 28.9. The largest absolute Gasteiger partial charge is 0.383 e. The number of nitrogens with two attached hydrogens (primary N) is 1. The molecule has 0 fully saturated rings. The third-order valence-electron chi connectivity index (χ3n) is 4.80. The normalized spacial score (nSPS) is 10.6. The molecule has 9 heteroatoms. The van der Waals surface area contributed by atoms with Gasteiger partial charge in [0.15, 0.2) is 0 Å². The zero-order chi connectivity index (χ0) is 22.4. The molecular weight excluding hydrogens is 401 g/mol. The summed E-state index contributed by atoms with van der Waals surface area (Å²) in [7, 11) is 1.49. The summed E-state index contributed by atoms with van der Waals surface area (Å²) in [6.45, 7) is 0.550. The summed E-state index contributed by atoms with van der Waals surface area (Å²) in [6.07, 6.45) is 0. The van der Waals surface area contributed by atoms with Gasteiger partial charge in [-0.05, 0) is 23.8 Å². The number of nitrogens with one attached hydrogen (secondary N) is 1. The van der Waals surface area contributed by atoms with Gasteiger partial charge in [0, 0.05) is 25.8 Å². The number of rotatable bonds is 8. The molecule has 160 valence electrons. The predicted octanol–water partition coefficient (Wildman–Crippen LogP) is 1.98. The van der Waals surface area contributed by atoms with Gasteiger partial charge in [-0.25, -0.2) is 9.18 Å². The summed E-state index contributed by atoms with van der Waals surface area (Å²) in [5.74, 6) is -0.557. The fourth-order valence-electron chi connectivity index (χ4n) is 3.28. The van der Waals surface area contributed by atoms with Crippen LogP contribution in [0.2, 0.25) is 0 Å². The van der Waals surface area contributed by atoms with E-state index in [9.17, 15) is 14.0 Å². The fourth-order valence-corrected chi connectivity index (χ4v) is 3.28. The van der Waals surface area contributed by atoms with Crippen molar-refractivity contribution < 1.29 is 9.13 Å². The molecule has 0 atom stereocenters. The van der Waals surface area contributed by atoms with Crippen LogP contribution < -0.4 is 21.9 Å². The van der Waals surface area contributed by atoms with Gasteiger partial charge in [-0.15, -0.1) is 0 Å². The Morgan fingerprint density at radius 3 is 2.61 bits per heavy atom. The van der Waals surface area contributed by atoms with Gasteiger partial charge >= 0.3 is 5.69 Å². The lowest BCUT2D eigenvalue weighted by molar-refractivity contribution is 0.186. The molecule has 1 aromatic heterocycles. The number of H-pyrrole nitrogens is 1. The number of aromatic nitrogens is 2. The lowest BCUT2D eigenvalue weighted by Crippen LogP contribution is -2.38. The van der Waals surface area contributed by atoms with Gasteiger partial charge in [0.2, 0.25) is 0 Å². The Labute approximate surface area is 177 Å². The molecule has 1 heterocycles. The molecule has 0 aliphatic rings. The van der Waals surface area contributed by atoms with Crippen molar-refractivity contribution >= 4 is 11.5 Å². The first-order valence-electron chi connectivity index (χ1n) is 9.53. The van der Waals surface area contributed by atoms with Gasteiger partial charge in [-0.3, -0.25) is 14.3 Å². The molecule has 0 spiro atoms. The van der Waals surface area contributed by atoms with Crippen molar-refractivity contribution in [2.24, 2.45) is 0 Å². The highest BCUT2D eigenvalue weighted by Gasteiger charge is 2.21. The number of benzene rings is 2. The number of hydrogen-bond acceptors (Lipinski definition) is 6. The smallest absolute Gasteiger partial charge is 0.330 e. The molecule has 0 radical (unpaired) electrons. The minimum atomic E-state index is -0.677. The van der Waals surface area contributed by atoms with Crippen LogP contribution in [0.3, 0.4) is 0 Å². The van der Waals surface area contributed by atoms with Crippen molar-refractivity contribution in [1.82, 2.24) is 9.55 Å². The Balaban J connectivity index is 2.12. The molecule has 0 unspecified atom stereocenters. The van der Waals surface area contributed by atoms with Crippen molar-refractivity contribution in [2.75, 3.05) is 24.4 Å². The van der Waals surface area contributed by atoms with Crippen LogP contribution in [-0.4, -0.2) is 23.3 Å². The molecule has 3 N–H and O–H groups in total. The maximum absolute atomic E-state index is 14.5. The third kappa shape index (κ3) is 4.99. The van der Waals surface area contributed by atoms with Gasteiger partial charge in [0.1, 0.15) is 17.3 Å². The molecule has 0 aliphatic carbocycles. The molecule has 8 nitrogen and oxygen atoms in total. The summed E-state index contributed by atoms with van der Waals surface area (Å²) in [5.41, 5.74) is 6.32. The molecule has 2 aromatic carbocycles. The maximum Gasteiger partial charge on any atom is 0.330 e. The average Bonchev–Trinajstić information content (AvgIpc) is 2.75. The van der Waals surface area contributed by atoms with Crippen LogP contribution >= 0.6 is 0 Å². The number of aromatic amines is 1. The Kier molecular flexibility index (Phi) is 6.85. The van der Waals surface area contributed by atoms with E-state index in [2.05, 4.69) is 4.98 Å². The zero-order valence-corrected chi connectivity index (χ0v) is 17.0. The van der Waals surface area contributed by atoms with E-state index in [0.29, 0.717) is 5.56 Å². The molecule has 3 rings (SSSR count). The third-order valence-corrected chi connectivity index (χ3v) is 4.80. The van der Waals surface area contributed by atoms with Crippen molar-refractivity contribution in [3.8, 4) is 6.07 Å². The molecule has 0 saturated heterocycles. The standard InChI is InChI=1S/C22H22FN5O3/c1-31-10-9-28-20(25)19(21(29)26-22(28)30)27(13-15-5-3-2-4-6-15)14-17-11-16(12-24)7-8-18(17)23/h2-8,11H,9-10,13-14,25H2,1H3,(H,26,29,30). The Morgan fingerprint density at radius 1 is 1.19 bits per heavy atom. The van der Waals surface area contributed by atoms with Gasteiger partial charge < -0.3 is 15.4 Å². The Bertz CT molecular complexity index is 1210.